The Hall–Kier alpha value is -1.96. The van der Waals surface area contributed by atoms with Crippen LogP contribution in [0.2, 0.25) is 0 Å². The maximum absolute atomic E-state index is 13.2. The van der Waals surface area contributed by atoms with Gasteiger partial charge in [-0.3, -0.25) is 14.3 Å². The third-order valence-electron chi connectivity index (χ3n) is 4.35. The van der Waals surface area contributed by atoms with Crippen molar-refractivity contribution in [2.75, 3.05) is 19.6 Å². The van der Waals surface area contributed by atoms with E-state index in [9.17, 15) is 22.4 Å². The number of nitrogens with zero attached hydrogens (tertiary/aromatic N) is 3. The highest BCUT2D eigenvalue weighted by Crippen LogP contribution is 2.23. The van der Waals surface area contributed by atoms with Gasteiger partial charge in [0.1, 0.15) is 5.82 Å². The molecule has 24 heavy (non-hydrogen) atoms. The van der Waals surface area contributed by atoms with Gasteiger partial charge in [-0.1, -0.05) is 0 Å². The normalized spacial score (nSPS) is 17.5. The molecule has 0 saturated carbocycles. The van der Waals surface area contributed by atoms with Gasteiger partial charge in [0, 0.05) is 12.6 Å². The molecule has 1 aliphatic heterocycles. The second kappa shape index (κ2) is 6.51. The molecule has 2 heterocycles. The molecule has 1 aliphatic rings. The molecule has 3 rings (SSSR count). The lowest BCUT2D eigenvalue weighted by Gasteiger charge is -2.32. The fourth-order valence-corrected chi connectivity index (χ4v) is 3.12. The SMILES string of the molecule is O=c1c2ccc(F)cc2ncn1CC1CCN(CC(F)(F)F)CC1. The maximum Gasteiger partial charge on any atom is 0.401 e. The zero-order valence-electron chi connectivity index (χ0n) is 12.9. The van der Waals surface area contributed by atoms with E-state index in [4.69, 9.17) is 0 Å². The van der Waals surface area contributed by atoms with E-state index in [2.05, 4.69) is 4.98 Å². The third kappa shape index (κ3) is 3.92. The zero-order valence-corrected chi connectivity index (χ0v) is 12.9. The fourth-order valence-electron chi connectivity index (χ4n) is 3.12. The Morgan fingerprint density at radius 3 is 2.58 bits per heavy atom. The summed E-state index contributed by atoms with van der Waals surface area (Å²) in [5.74, 6) is -0.323. The summed E-state index contributed by atoms with van der Waals surface area (Å²) < 4.78 is 51.8. The van der Waals surface area contributed by atoms with Crippen LogP contribution in [0.3, 0.4) is 0 Å². The van der Waals surface area contributed by atoms with Gasteiger partial charge >= 0.3 is 6.18 Å². The van der Waals surface area contributed by atoms with Gasteiger partial charge in [0.25, 0.3) is 5.56 Å². The number of alkyl halides is 3. The highest BCUT2D eigenvalue weighted by molar-refractivity contribution is 5.77. The van der Waals surface area contributed by atoms with Crippen LogP contribution >= 0.6 is 0 Å². The zero-order chi connectivity index (χ0) is 17.3. The molecule has 130 valence electrons. The Morgan fingerprint density at radius 1 is 1.21 bits per heavy atom. The van der Waals surface area contributed by atoms with E-state index in [-0.39, 0.29) is 11.5 Å². The number of benzene rings is 1. The summed E-state index contributed by atoms with van der Waals surface area (Å²) in [7, 11) is 0. The van der Waals surface area contributed by atoms with Crippen LogP contribution in [-0.2, 0) is 6.54 Å². The predicted octanol–water partition coefficient (Wildman–Crippen LogP) is 2.81. The molecule has 0 radical (unpaired) electrons. The molecule has 0 unspecified atom stereocenters. The van der Waals surface area contributed by atoms with Gasteiger partial charge in [-0.2, -0.15) is 13.2 Å². The number of halogens is 4. The maximum atomic E-state index is 13.2. The molecule has 2 aromatic rings. The molecule has 1 fully saturated rings. The molecule has 1 aromatic carbocycles. The van der Waals surface area contributed by atoms with Gasteiger partial charge in [0.15, 0.2) is 0 Å². The number of rotatable bonds is 3. The lowest BCUT2D eigenvalue weighted by atomic mass is 9.96. The molecule has 1 aromatic heterocycles. The summed E-state index contributed by atoms with van der Waals surface area (Å²) in [6, 6.07) is 3.82. The molecule has 0 amide bonds. The number of likely N-dealkylation sites (tertiary alicyclic amines) is 1. The Labute approximate surface area is 135 Å². The van der Waals surface area contributed by atoms with Gasteiger partial charge < -0.3 is 0 Å². The van der Waals surface area contributed by atoms with Gasteiger partial charge in [-0.25, -0.2) is 9.37 Å². The lowest BCUT2D eigenvalue weighted by molar-refractivity contribution is -0.148. The quantitative estimate of drug-likeness (QED) is 0.805. The molecule has 0 aliphatic carbocycles. The first-order valence-electron chi connectivity index (χ1n) is 7.75. The van der Waals surface area contributed by atoms with Crippen LogP contribution in [0, 0.1) is 11.7 Å². The van der Waals surface area contributed by atoms with Crippen molar-refractivity contribution in [3.8, 4) is 0 Å². The van der Waals surface area contributed by atoms with Crippen molar-refractivity contribution in [1.82, 2.24) is 14.5 Å². The smallest absolute Gasteiger partial charge is 0.298 e. The van der Waals surface area contributed by atoms with Crippen LogP contribution in [0.15, 0.2) is 29.3 Å². The van der Waals surface area contributed by atoms with E-state index in [1.165, 1.54) is 34.0 Å². The van der Waals surface area contributed by atoms with Crippen molar-refractivity contribution in [3.63, 3.8) is 0 Å². The van der Waals surface area contributed by atoms with Crippen LogP contribution in [0.4, 0.5) is 17.6 Å². The molecular weight excluding hydrogens is 326 g/mol. The molecule has 0 spiro atoms. The molecule has 0 N–H and O–H groups in total. The van der Waals surface area contributed by atoms with E-state index < -0.39 is 18.5 Å². The van der Waals surface area contributed by atoms with E-state index in [1.807, 2.05) is 0 Å². The number of piperidine rings is 1. The molecule has 0 atom stereocenters. The van der Waals surface area contributed by atoms with Crippen molar-refractivity contribution in [2.24, 2.45) is 5.92 Å². The monoisotopic (exact) mass is 343 g/mol. The summed E-state index contributed by atoms with van der Waals surface area (Å²) >= 11 is 0. The predicted molar refractivity (Wildman–Crippen MR) is 81.2 cm³/mol. The van der Waals surface area contributed by atoms with Gasteiger partial charge in [-0.05, 0) is 44.0 Å². The van der Waals surface area contributed by atoms with E-state index in [0.29, 0.717) is 43.4 Å². The highest BCUT2D eigenvalue weighted by Gasteiger charge is 2.32. The largest absolute Gasteiger partial charge is 0.401 e. The number of aromatic nitrogens is 2. The minimum absolute atomic E-state index is 0.131. The first-order chi connectivity index (χ1) is 11.3. The summed E-state index contributed by atoms with van der Waals surface area (Å²) in [5, 5.41) is 0.341. The number of fused-ring (bicyclic) bond motifs is 1. The summed E-state index contributed by atoms with van der Waals surface area (Å²) in [4.78, 5) is 17.9. The second-order valence-corrected chi connectivity index (χ2v) is 6.20. The van der Waals surface area contributed by atoms with Crippen LogP contribution < -0.4 is 5.56 Å². The van der Waals surface area contributed by atoms with Gasteiger partial charge in [0.05, 0.1) is 23.8 Å². The van der Waals surface area contributed by atoms with Crippen LogP contribution in [0.1, 0.15) is 12.8 Å². The summed E-state index contributed by atoms with van der Waals surface area (Å²) in [5.41, 5.74) is 0.0500. The molecular formula is C16H17F4N3O. The average molecular weight is 343 g/mol. The molecule has 4 nitrogen and oxygen atoms in total. The topological polar surface area (TPSA) is 38.1 Å². The van der Waals surface area contributed by atoms with E-state index in [0.717, 1.165) is 0 Å². The van der Waals surface area contributed by atoms with Gasteiger partial charge in [0.2, 0.25) is 0 Å². The van der Waals surface area contributed by atoms with Crippen LogP contribution in [-0.4, -0.2) is 40.3 Å². The Bertz CT molecular complexity index is 779. The van der Waals surface area contributed by atoms with Crippen LogP contribution in [0.5, 0.6) is 0 Å². The fraction of sp³-hybridized carbons (Fsp3) is 0.500. The van der Waals surface area contributed by atoms with E-state index in [1.54, 1.807) is 0 Å². The second-order valence-electron chi connectivity index (χ2n) is 6.20. The highest BCUT2D eigenvalue weighted by atomic mass is 19.4. The van der Waals surface area contributed by atoms with Crippen molar-refractivity contribution in [1.29, 1.82) is 0 Å². The third-order valence-corrected chi connectivity index (χ3v) is 4.35. The number of hydrogen-bond donors (Lipinski definition) is 0. The Kier molecular flexibility index (Phi) is 4.58. The van der Waals surface area contributed by atoms with Gasteiger partial charge in [-0.15, -0.1) is 0 Å². The Balaban J connectivity index is 1.67. The average Bonchev–Trinajstić information content (AvgIpc) is 2.50. The first kappa shape index (κ1) is 16.9. The first-order valence-corrected chi connectivity index (χ1v) is 7.75. The summed E-state index contributed by atoms with van der Waals surface area (Å²) in [6.07, 6.45) is -1.60. The molecule has 8 heteroatoms. The van der Waals surface area contributed by atoms with Crippen LogP contribution in [0.25, 0.3) is 10.9 Å². The number of hydrogen-bond acceptors (Lipinski definition) is 3. The Morgan fingerprint density at radius 2 is 1.92 bits per heavy atom. The van der Waals surface area contributed by atoms with E-state index >= 15 is 0 Å². The van der Waals surface area contributed by atoms with Crippen molar-refractivity contribution >= 4 is 10.9 Å². The molecule has 1 saturated heterocycles. The molecule has 0 bridgehead atoms. The lowest BCUT2D eigenvalue weighted by Crippen LogP contribution is -2.41. The minimum Gasteiger partial charge on any atom is -0.298 e. The van der Waals surface area contributed by atoms with Crippen molar-refractivity contribution < 1.29 is 17.6 Å². The van der Waals surface area contributed by atoms with Crippen molar-refractivity contribution in [2.45, 2.75) is 25.6 Å². The minimum atomic E-state index is -4.18. The van der Waals surface area contributed by atoms with Crippen molar-refractivity contribution in [3.05, 3.63) is 40.7 Å². The summed E-state index contributed by atoms with van der Waals surface area (Å²) in [6.45, 7) is 0.262. The standard InChI is InChI=1S/C16H17F4N3O/c17-12-1-2-13-14(7-12)21-10-23(15(13)24)8-11-3-5-22(6-4-11)9-16(18,19)20/h1-2,7,10-11H,3-6,8-9H2.